The van der Waals surface area contributed by atoms with Gasteiger partial charge in [-0.3, -0.25) is 9.48 Å². The number of carbonyl (C=O) groups is 1. The monoisotopic (exact) mass is 434 g/mol. The van der Waals surface area contributed by atoms with Gasteiger partial charge in [0.15, 0.2) is 0 Å². The molecule has 0 N–H and O–H groups in total. The van der Waals surface area contributed by atoms with Crippen LogP contribution in [0.3, 0.4) is 0 Å². The summed E-state index contributed by atoms with van der Waals surface area (Å²) in [6.07, 6.45) is 1.01. The predicted molar refractivity (Wildman–Crippen MR) is 106 cm³/mol. The number of carbonyl (C=O) groups excluding carboxylic acids is 1. The first-order chi connectivity index (χ1) is 14.4. The van der Waals surface area contributed by atoms with Crippen molar-refractivity contribution >= 4 is 17.5 Å². The van der Waals surface area contributed by atoms with E-state index >= 15 is 0 Å². The molecule has 3 aromatic rings. The van der Waals surface area contributed by atoms with Crippen molar-refractivity contribution in [3.63, 3.8) is 0 Å². The fraction of sp³-hybridized carbons (Fsp3) is 0.381. The van der Waals surface area contributed by atoms with Crippen molar-refractivity contribution in [3.8, 4) is 0 Å². The standard InChI is InChI=1S/C21H21ClF2N4O2/c1-13-8-18(20(23)24)28(26-13)12-19(29)27-7-3-6-17(27)21-25-11-16(30-21)10-14-4-2-5-15(22)9-14/h2,4-5,8-9,11,17,20H,3,6-7,10,12H2,1H3/t17-/m0/s1. The number of rotatable bonds is 6. The molecule has 0 unspecified atom stereocenters. The van der Waals surface area contributed by atoms with E-state index in [1.54, 1.807) is 24.1 Å². The van der Waals surface area contributed by atoms with Gasteiger partial charge in [0.05, 0.1) is 11.9 Å². The molecular weight excluding hydrogens is 414 g/mol. The number of hydrogen-bond donors (Lipinski definition) is 0. The third-order valence-electron chi connectivity index (χ3n) is 5.14. The number of nitrogens with zero attached hydrogens (tertiary/aromatic N) is 4. The summed E-state index contributed by atoms with van der Waals surface area (Å²) >= 11 is 6.03. The number of aryl methyl sites for hydroxylation is 1. The van der Waals surface area contributed by atoms with Gasteiger partial charge >= 0.3 is 0 Å². The number of amides is 1. The molecular formula is C21H21ClF2N4O2. The summed E-state index contributed by atoms with van der Waals surface area (Å²) in [7, 11) is 0. The molecule has 3 heterocycles. The topological polar surface area (TPSA) is 64.2 Å². The second-order valence-electron chi connectivity index (χ2n) is 7.39. The summed E-state index contributed by atoms with van der Waals surface area (Å²) in [5.41, 5.74) is 1.20. The number of hydrogen-bond acceptors (Lipinski definition) is 4. The van der Waals surface area contributed by atoms with Crippen molar-refractivity contribution in [1.29, 1.82) is 0 Å². The molecule has 4 rings (SSSR count). The van der Waals surface area contributed by atoms with Gasteiger partial charge in [-0.25, -0.2) is 13.8 Å². The van der Waals surface area contributed by atoms with Gasteiger partial charge in [-0.1, -0.05) is 23.7 Å². The van der Waals surface area contributed by atoms with E-state index in [0.29, 0.717) is 41.8 Å². The van der Waals surface area contributed by atoms with E-state index in [2.05, 4.69) is 10.1 Å². The van der Waals surface area contributed by atoms with Crippen molar-refractivity contribution in [1.82, 2.24) is 19.7 Å². The Balaban J connectivity index is 1.47. The highest BCUT2D eigenvalue weighted by Gasteiger charge is 2.34. The zero-order valence-corrected chi connectivity index (χ0v) is 17.1. The maximum Gasteiger partial charge on any atom is 0.280 e. The third-order valence-corrected chi connectivity index (χ3v) is 5.37. The average molecular weight is 435 g/mol. The first-order valence-electron chi connectivity index (χ1n) is 9.71. The van der Waals surface area contributed by atoms with Gasteiger partial charge in [0.25, 0.3) is 6.43 Å². The Morgan fingerprint density at radius 3 is 2.97 bits per heavy atom. The van der Waals surface area contributed by atoms with Crippen LogP contribution in [0.2, 0.25) is 5.02 Å². The SMILES string of the molecule is Cc1cc(C(F)F)n(CC(=O)N2CCC[C@H]2c2ncc(Cc3cccc(Cl)c3)o2)n1. The molecule has 1 aliphatic rings. The van der Waals surface area contributed by atoms with E-state index < -0.39 is 6.43 Å². The van der Waals surface area contributed by atoms with E-state index in [1.165, 1.54) is 6.07 Å². The highest BCUT2D eigenvalue weighted by molar-refractivity contribution is 6.30. The normalized spacial score (nSPS) is 16.6. The molecule has 1 fully saturated rings. The molecule has 158 valence electrons. The van der Waals surface area contributed by atoms with Crippen LogP contribution in [-0.2, 0) is 17.8 Å². The number of benzene rings is 1. The molecule has 0 radical (unpaired) electrons. The molecule has 30 heavy (non-hydrogen) atoms. The first-order valence-corrected chi connectivity index (χ1v) is 10.1. The molecule has 1 aliphatic heterocycles. The fourth-order valence-corrected chi connectivity index (χ4v) is 4.03. The second kappa shape index (κ2) is 8.55. The summed E-state index contributed by atoms with van der Waals surface area (Å²) < 4.78 is 33.4. The summed E-state index contributed by atoms with van der Waals surface area (Å²) in [4.78, 5) is 18.9. The van der Waals surface area contributed by atoms with Crippen molar-refractivity contribution in [2.24, 2.45) is 0 Å². The molecule has 1 atom stereocenters. The highest BCUT2D eigenvalue weighted by Crippen LogP contribution is 2.32. The van der Waals surface area contributed by atoms with Crippen LogP contribution in [-0.4, -0.2) is 32.1 Å². The summed E-state index contributed by atoms with van der Waals surface area (Å²) in [6, 6.07) is 8.48. The van der Waals surface area contributed by atoms with E-state index in [9.17, 15) is 13.6 Å². The average Bonchev–Trinajstić information content (AvgIpc) is 3.41. The maximum absolute atomic E-state index is 13.2. The lowest BCUT2D eigenvalue weighted by Gasteiger charge is -2.22. The van der Waals surface area contributed by atoms with Crippen molar-refractivity contribution < 1.29 is 18.0 Å². The molecule has 6 nitrogen and oxygen atoms in total. The van der Waals surface area contributed by atoms with E-state index in [4.69, 9.17) is 16.0 Å². The van der Waals surface area contributed by atoms with Gasteiger partial charge in [-0.05, 0) is 43.5 Å². The van der Waals surface area contributed by atoms with Crippen LogP contribution in [0.4, 0.5) is 8.78 Å². The first kappa shape index (κ1) is 20.5. The predicted octanol–water partition coefficient (Wildman–Crippen LogP) is 4.73. The van der Waals surface area contributed by atoms with E-state index in [1.807, 2.05) is 18.2 Å². The van der Waals surface area contributed by atoms with Gasteiger partial charge in [-0.15, -0.1) is 0 Å². The molecule has 1 amide bonds. The Kier molecular flexibility index (Phi) is 5.85. The van der Waals surface area contributed by atoms with Gasteiger partial charge in [0.1, 0.15) is 24.0 Å². The van der Waals surface area contributed by atoms with Crippen LogP contribution < -0.4 is 0 Å². The maximum atomic E-state index is 13.2. The fourth-order valence-electron chi connectivity index (χ4n) is 3.82. The number of oxazole rings is 1. The molecule has 1 saturated heterocycles. The van der Waals surface area contributed by atoms with E-state index in [-0.39, 0.29) is 24.2 Å². The summed E-state index contributed by atoms with van der Waals surface area (Å²) in [5, 5.41) is 4.69. The lowest BCUT2D eigenvalue weighted by molar-refractivity contribution is -0.133. The van der Waals surface area contributed by atoms with E-state index in [0.717, 1.165) is 16.7 Å². The molecule has 0 saturated carbocycles. The number of halogens is 3. The molecule has 0 spiro atoms. The Labute approximate surface area is 177 Å². The number of alkyl halides is 2. The van der Waals surface area contributed by atoms with Crippen LogP contribution >= 0.6 is 11.6 Å². The number of aromatic nitrogens is 3. The minimum atomic E-state index is -2.69. The quantitative estimate of drug-likeness (QED) is 0.563. The molecule has 0 bridgehead atoms. The smallest absolute Gasteiger partial charge is 0.280 e. The van der Waals surface area contributed by atoms with Crippen molar-refractivity contribution in [2.75, 3.05) is 6.54 Å². The van der Waals surface area contributed by atoms with Gasteiger partial charge in [0.2, 0.25) is 11.8 Å². The largest absolute Gasteiger partial charge is 0.443 e. The van der Waals surface area contributed by atoms with Crippen LogP contribution in [0, 0.1) is 6.92 Å². The lowest BCUT2D eigenvalue weighted by Crippen LogP contribution is -2.34. The lowest BCUT2D eigenvalue weighted by atomic mass is 10.1. The Bertz CT molecular complexity index is 1050. The van der Waals surface area contributed by atoms with Gasteiger partial charge in [0, 0.05) is 18.0 Å². The van der Waals surface area contributed by atoms with Crippen molar-refractivity contribution in [2.45, 2.75) is 45.2 Å². The summed E-state index contributed by atoms with van der Waals surface area (Å²) in [6.45, 7) is 1.92. The minimum absolute atomic E-state index is 0.236. The molecule has 9 heteroatoms. The van der Waals surface area contributed by atoms with Crippen LogP contribution in [0.1, 0.15) is 53.9 Å². The molecule has 2 aromatic heterocycles. The molecule has 0 aliphatic carbocycles. The Morgan fingerprint density at radius 1 is 1.37 bits per heavy atom. The Hall–Kier alpha value is -2.74. The number of likely N-dealkylation sites (tertiary alicyclic amines) is 1. The zero-order valence-electron chi connectivity index (χ0n) is 16.4. The van der Waals surface area contributed by atoms with Gasteiger partial charge < -0.3 is 9.32 Å². The summed E-state index contributed by atoms with van der Waals surface area (Å²) in [5.74, 6) is 0.856. The Morgan fingerprint density at radius 2 is 2.20 bits per heavy atom. The highest BCUT2D eigenvalue weighted by atomic mass is 35.5. The molecule has 1 aromatic carbocycles. The van der Waals surface area contributed by atoms with Crippen LogP contribution in [0.5, 0.6) is 0 Å². The zero-order chi connectivity index (χ0) is 21.3. The van der Waals surface area contributed by atoms with Crippen LogP contribution in [0.15, 0.2) is 40.9 Å². The van der Waals surface area contributed by atoms with Crippen LogP contribution in [0.25, 0.3) is 0 Å². The van der Waals surface area contributed by atoms with Crippen molar-refractivity contribution in [3.05, 3.63) is 70.2 Å². The minimum Gasteiger partial charge on any atom is -0.443 e. The third kappa shape index (κ3) is 4.38. The van der Waals surface area contributed by atoms with Gasteiger partial charge in [-0.2, -0.15) is 5.10 Å². The second-order valence-corrected chi connectivity index (χ2v) is 7.82.